The van der Waals surface area contributed by atoms with Gasteiger partial charge in [-0.25, -0.2) is 4.98 Å². The van der Waals surface area contributed by atoms with Gasteiger partial charge in [-0.05, 0) is 37.8 Å². The second-order valence-electron chi connectivity index (χ2n) is 4.54. The topological polar surface area (TPSA) is 50.9 Å². The molecule has 0 aromatic carbocycles. The number of piperidine rings is 1. The van der Waals surface area contributed by atoms with Crippen molar-refractivity contribution in [1.29, 1.82) is 0 Å². The van der Waals surface area contributed by atoms with Crippen LogP contribution in [0.4, 0.5) is 0 Å². The third kappa shape index (κ3) is 1.43. The Balaban J connectivity index is 1.95. The molecular formula is C10H14ClN3S. The summed E-state index contributed by atoms with van der Waals surface area (Å²) in [4.78, 5) is 5.67. The summed E-state index contributed by atoms with van der Waals surface area (Å²) >= 11 is 7.51. The predicted molar refractivity (Wildman–Crippen MR) is 62.3 cm³/mol. The van der Waals surface area contributed by atoms with Gasteiger partial charge in [0.15, 0.2) is 4.47 Å². The first-order valence-corrected chi connectivity index (χ1v) is 6.52. The summed E-state index contributed by atoms with van der Waals surface area (Å²) < 4.78 is 0.638. The van der Waals surface area contributed by atoms with Gasteiger partial charge in [-0.2, -0.15) is 0 Å². The SMILES string of the molecule is NC1c2nc(Cl)sc2CC12CCNCC2. The van der Waals surface area contributed by atoms with E-state index in [-0.39, 0.29) is 11.5 Å². The number of halogens is 1. The van der Waals surface area contributed by atoms with Crippen LogP contribution < -0.4 is 11.1 Å². The van der Waals surface area contributed by atoms with Gasteiger partial charge in [0.25, 0.3) is 0 Å². The largest absolute Gasteiger partial charge is 0.322 e. The van der Waals surface area contributed by atoms with Crippen molar-refractivity contribution in [2.24, 2.45) is 11.1 Å². The van der Waals surface area contributed by atoms with E-state index in [2.05, 4.69) is 10.3 Å². The average molecular weight is 244 g/mol. The predicted octanol–water partition coefficient (Wildman–Crippen LogP) is 1.72. The van der Waals surface area contributed by atoms with Crippen LogP contribution in [-0.4, -0.2) is 18.1 Å². The Labute approximate surface area is 98.0 Å². The number of hydrogen-bond acceptors (Lipinski definition) is 4. The lowest BCUT2D eigenvalue weighted by Gasteiger charge is -2.37. The van der Waals surface area contributed by atoms with Crippen molar-refractivity contribution in [2.75, 3.05) is 13.1 Å². The van der Waals surface area contributed by atoms with Gasteiger partial charge in [-0.3, -0.25) is 0 Å². The lowest BCUT2D eigenvalue weighted by Crippen LogP contribution is -2.42. The quantitative estimate of drug-likeness (QED) is 0.730. The zero-order valence-corrected chi connectivity index (χ0v) is 10.00. The first-order chi connectivity index (χ1) is 7.21. The fourth-order valence-electron chi connectivity index (χ4n) is 2.84. The highest BCUT2D eigenvalue weighted by Crippen LogP contribution is 2.51. The van der Waals surface area contributed by atoms with Crippen molar-refractivity contribution in [3.05, 3.63) is 15.0 Å². The van der Waals surface area contributed by atoms with Gasteiger partial charge in [-0.1, -0.05) is 11.6 Å². The highest BCUT2D eigenvalue weighted by Gasteiger charge is 2.46. The van der Waals surface area contributed by atoms with E-state index in [4.69, 9.17) is 17.3 Å². The molecule has 1 saturated heterocycles. The van der Waals surface area contributed by atoms with E-state index in [0.29, 0.717) is 4.47 Å². The number of nitrogens with one attached hydrogen (secondary N) is 1. The Morgan fingerprint density at radius 2 is 2.20 bits per heavy atom. The van der Waals surface area contributed by atoms with Crippen molar-refractivity contribution < 1.29 is 0 Å². The molecule has 1 aliphatic carbocycles. The maximum atomic E-state index is 6.33. The summed E-state index contributed by atoms with van der Waals surface area (Å²) in [6, 6.07) is 0.0957. The van der Waals surface area contributed by atoms with E-state index in [1.807, 2.05) is 0 Å². The fourth-order valence-corrected chi connectivity index (χ4v) is 4.19. The molecule has 3 N–H and O–H groups in total. The summed E-state index contributed by atoms with van der Waals surface area (Å²) in [5.41, 5.74) is 7.66. The summed E-state index contributed by atoms with van der Waals surface area (Å²) in [5, 5.41) is 3.39. The van der Waals surface area contributed by atoms with Crippen LogP contribution in [0.2, 0.25) is 4.47 Å². The number of fused-ring (bicyclic) bond motifs is 1. The maximum Gasteiger partial charge on any atom is 0.184 e. The van der Waals surface area contributed by atoms with E-state index < -0.39 is 0 Å². The van der Waals surface area contributed by atoms with Crippen molar-refractivity contribution in [2.45, 2.75) is 25.3 Å². The molecule has 0 radical (unpaired) electrons. The van der Waals surface area contributed by atoms with E-state index in [9.17, 15) is 0 Å². The van der Waals surface area contributed by atoms with E-state index >= 15 is 0 Å². The van der Waals surface area contributed by atoms with Gasteiger partial charge in [-0.15, -0.1) is 11.3 Å². The number of nitrogens with two attached hydrogens (primary N) is 1. The zero-order chi connectivity index (χ0) is 10.5. The number of nitrogens with zero attached hydrogens (tertiary/aromatic N) is 1. The molecule has 5 heteroatoms. The molecule has 1 atom stereocenters. The Morgan fingerprint density at radius 3 is 2.87 bits per heavy atom. The highest BCUT2D eigenvalue weighted by molar-refractivity contribution is 7.15. The van der Waals surface area contributed by atoms with Gasteiger partial charge in [0.05, 0.1) is 11.7 Å². The number of hydrogen-bond donors (Lipinski definition) is 2. The molecule has 0 bridgehead atoms. The van der Waals surface area contributed by atoms with Gasteiger partial charge in [0.1, 0.15) is 0 Å². The van der Waals surface area contributed by atoms with Crippen LogP contribution in [0.25, 0.3) is 0 Å². The Hall–Kier alpha value is -0.160. The lowest BCUT2D eigenvalue weighted by molar-refractivity contribution is 0.173. The van der Waals surface area contributed by atoms with Crippen LogP contribution in [0, 0.1) is 5.41 Å². The number of rotatable bonds is 0. The fraction of sp³-hybridized carbons (Fsp3) is 0.700. The van der Waals surface area contributed by atoms with Gasteiger partial charge in [0, 0.05) is 4.88 Å². The van der Waals surface area contributed by atoms with Gasteiger partial charge < -0.3 is 11.1 Å². The normalized spacial score (nSPS) is 28.3. The molecule has 0 saturated carbocycles. The summed E-state index contributed by atoms with van der Waals surface area (Å²) in [6.07, 6.45) is 3.40. The summed E-state index contributed by atoms with van der Waals surface area (Å²) in [5.74, 6) is 0. The second-order valence-corrected chi connectivity index (χ2v) is 6.21. The Kier molecular flexibility index (Phi) is 2.28. The van der Waals surface area contributed by atoms with Crippen LogP contribution in [0.3, 0.4) is 0 Å². The molecule has 1 unspecified atom stereocenters. The number of aromatic nitrogens is 1. The monoisotopic (exact) mass is 243 g/mol. The molecule has 2 heterocycles. The minimum absolute atomic E-state index is 0.0957. The van der Waals surface area contributed by atoms with Crippen molar-refractivity contribution in [3.63, 3.8) is 0 Å². The van der Waals surface area contributed by atoms with Crippen molar-refractivity contribution >= 4 is 22.9 Å². The average Bonchev–Trinajstić information content (AvgIpc) is 2.68. The van der Waals surface area contributed by atoms with Crippen LogP contribution in [0.15, 0.2) is 0 Å². The molecule has 1 aromatic rings. The van der Waals surface area contributed by atoms with Crippen molar-refractivity contribution in [1.82, 2.24) is 10.3 Å². The zero-order valence-electron chi connectivity index (χ0n) is 8.42. The molecule has 1 spiro atoms. The summed E-state index contributed by atoms with van der Waals surface area (Å²) in [7, 11) is 0. The minimum atomic E-state index is 0.0957. The molecule has 3 rings (SSSR count). The lowest BCUT2D eigenvalue weighted by atomic mass is 9.74. The first kappa shape index (κ1) is 10.0. The molecule has 1 aliphatic heterocycles. The third-order valence-electron chi connectivity index (χ3n) is 3.77. The van der Waals surface area contributed by atoms with Crippen LogP contribution in [0.1, 0.15) is 29.5 Å². The molecule has 82 valence electrons. The number of thiazole rings is 1. The minimum Gasteiger partial charge on any atom is -0.322 e. The van der Waals surface area contributed by atoms with Gasteiger partial charge in [0.2, 0.25) is 0 Å². The van der Waals surface area contributed by atoms with Crippen molar-refractivity contribution in [3.8, 4) is 0 Å². The molecule has 0 amide bonds. The molecule has 3 nitrogen and oxygen atoms in total. The van der Waals surface area contributed by atoms with E-state index in [1.54, 1.807) is 11.3 Å². The molecule has 15 heavy (non-hydrogen) atoms. The second kappa shape index (κ2) is 3.42. The molecule has 1 aromatic heterocycles. The van der Waals surface area contributed by atoms with Crippen LogP contribution >= 0.6 is 22.9 Å². The third-order valence-corrected chi connectivity index (χ3v) is 4.94. The smallest absolute Gasteiger partial charge is 0.184 e. The van der Waals surface area contributed by atoms with E-state index in [0.717, 1.165) is 38.0 Å². The van der Waals surface area contributed by atoms with E-state index in [1.165, 1.54) is 4.88 Å². The van der Waals surface area contributed by atoms with Gasteiger partial charge >= 0.3 is 0 Å². The highest BCUT2D eigenvalue weighted by atomic mass is 35.5. The molecular weight excluding hydrogens is 230 g/mol. The molecule has 1 fully saturated rings. The first-order valence-electron chi connectivity index (χ1n) is 5.33. The van der Waals surface area contributed by atoms with Crippen LogP contribution in [-0.2, 0) is 6.42 Å². The van der Waals surface area contributed by atoms with Crippen LogP contribution in [0.5, 0.6) is 0 Å². The summed E-state index contributed by atoms with van der Waals surface area (Å²) in [6.45, 7) is 2.16. The Bertz CT molecular complexity index is 384. The standard InChI is InChI=1S/C10H14ClN3S/c11-9-14-7-6(15-9)5-10(8(7)12)1-3-13-4-2-10/h8,13H,1-5,12H2. The Morgan fingerprint density at radius 1 is 1.47 bits per heavy atom. The maximum absolute atomic E-state index is 6.33. The molecule has 2 aliphatic rings.